The highest BCUT2D eigenvalue weighted by Crippen LogP contribution is 2.44. The van der Waals surface area contributed by atoms with E-state index in [2.05, 4.69) is 42.5 Å². The number of benzene rings is 4. The lowest BCUT2D eigenvalue weighted by Crippen LogP contribution is -2.45. The lowest BCUT2D eigenvalue weighted by Gasteiger charge is -2.38. The molecule has 0 saturated heterocycles. The number of amides is 4. The van der Waals surface area contributed by atoms with Gasteiger partial charge in [-0.25, -0.2) is 0 Å². The number of hydrogen-bond acceptors (Lipinski definition) is 20. The van der Waals surface area contributed by atoms with E-state index in [9.17, 15) is 19.2 Å². The predicted octanol–water partition coefficient (Wildman–Crippen LogP) is 10.9. The van der Waals surface area contributed by atoms with E-state index in [1.165, 1.54) is 12.4 Å². The Morgan fingerprint density at radius 1 is 0.382 bits per heavy atom. The van der Waals surface area contributed by atoms with Gasteiger partial charge in [-0.05, 0) is 98.2 Å². The normalized spacial score (nSPS) is 14.2. The van der Waals surface area contributed by atoms with Crippen LogP contribution >= 0.6 is 46.4 Å². The third kappa shape index (κ3) is 24.3. The summed E-state index contributed by atoms with van der Waals surface area (Å²) in [6.45, 7) is 11.5. The maximum absolute atomic E-state index is 14.0. The number of nitrogens with zero attached hydrogens (tertiary/aromatic N) is 6. The van der Waals surface area contributed by atoms with Crippen molar-refractivity contribution in [3.8, 4) is 23.0 Å². The van der Waals surface area contributed by atoms with E-state index in [0.717, 1.165) is 61.5 Å². The molecule has 4 amide bonds. The standard InChI is InChI=1S/C74H90Cl4N8O16/c75-59-49-69(101-67-17-19-79-51-57(67)73(89)85-25-23-83(55-11-12-55)63-5-1-3-7-65(63)85)61(77)47-53(59)9-15-71(87)81-21-27-91-29-31-93-33-35-95-37-39-97-41-43-99-45-46-100-44-42-98-40-38-96-36-34-94-32-30-92-28-22-82-72(88)16-10-54-48-62(78)70(50-60(54)76)102-68-18-20-80-52-58(68)74(90)86-26-24-84(56-13-14-56)64-6-2-4-8-66(64)86/h1-8,17-20,47-52,55-56H,9-16,21-46H2,(H,81,87)(H,82,88). The van der Waals surface area contributed by atoms with Crippen LogP contribution in [0.4, 0.5) is 22.7 Å². The number of aryl methyl sites for hydroxylation is 2. The zero-order valence-corrected chi connectivity index (χ0v) is 60.3. The number of carbonyl (C=O) groups is 4. The number of nitrogens with one attached hydrogen (secondary N) is 2. The molecule has 2 aromatic heterocycles. The molecule has 10 rings (SSSR count). The molecule has 102 heavy (non-hydrogen) atoms. The second-order valence-corrected chi connectivity index (χ2v) is 25.9. The zero-order valence-electron chi connectivity index (χ0n) is 57.3. The van der Waals surface area contributed by atoms with Gasteiger partial charge in [-0.1, -0.05) is 70.7 Å². The molecule has 4 aliphatic rings. The number of para-hydroxylation sites is 4. The van der Waals surface area contributed by atoms with E-state index in [1.54, 1.807) is 58.6 Å². The summed E-state index contributed by atoms with van der Waals surface area (Å²) in [6, 6.07) is 26.8. The molecule has 0 bridgehead atoms. The number of rotatable bonds is 47. The summed E-state index contributed by atoms with van der Waals surface area (Å²) < 4.78 is 68.1. The van der Waals surface area contributed by atoms with Crippen LogP contribution in [0.5, 0.6) is 23.0 Å². The van der Waals surface area contributed by atoms with E-state index in [0.29, 0.717) is 237 Å². The van der Waals surface area contributed by atoms with E-state index < -0.39 is 0 Å². The lowest BCUT2D eigenvalue weighted by molar-refractivity contribution is -0.122. The van der Waals surface area contributed by atoms with Gasteiger partial charge in [0.05, 0.1) is 165 Å². The first-order valence-corrected chi connectivity index (χ1v) is 36.4. The minimum Gasteiger partial charge on any atom is -0.455 e. The molecule has 0 atom stereocenters. The summed E-state index contributed by atoms with van der Waals surface area (Å²) in [6.07, 6.45) is 11.9. The van der Waals surface area contributed by atoms with Gasteiger partial charge in [0.25, 0.3) is 11.8 Å². The van der Waals surface area contributed by atoms with Crippen molar-refractivity contribution in [1.82, 2.24) is 20.6 Å². The van der Waals surface area contributed by atoms with E-state index in [-0.39, 0.29) is 48.0 Å². The molecule has 24 nitrogen and oxygen atoms in total. The van der Waals surface area contributed by atoms with Crippen LogP contribution in [0.15, 0.2) is 110 Å². The fourth-order valence-corrected chi connectivity index (χ4v) is 12.4. The Labute approximate surface area is 615 Å². The second-order valence-electron chi connectivity index (χ2n) is 24.3. The van der Waals surface area contributed by atoms with Crippen LogP contribution in [0.2, 0.25) is 20.1 Å². The smallest absolute Gasteiger partial charge is 0.263 e. The van der Waals surface area contributed by atoms with Crippen molar-refractivity contribution >= 4 is 92.8 Å². The summed E-state index contributed by atoms with van der Waals surface area (Å²) in [4.78, 5) is 70.1. The molecule has 0 unspecified atom stereocenters. The molecular weight excluding hydrogens is 1400 g/mol. The van der Waals surface area contributed by atoms with Crippen LogP contribution in [0.25, 0.3) is 0 Å². The van der Waals surface area contributed by atoms with Crippen molar-refractivity contribution in [2.24, 2.45) is 0 Å². The maximum atomic E-state index is 14.0. The van der Waals surface area contributed by atoms with Crippen molar-refractivity contribution < 1.29 is 76.0 Å². The molecular formula is C74H90Cl4N8O16. The Hall–Kier alpha value is -6.98. The topological polar surface area (TPSA) is 242 Å². The number of fused-ring (bicyclic) bond motifs is 2. The highest BCUT2D eigenvalue weighted by Gasteiger charge is 2.38. The number of pyridine rings is 2. The highest BCUT2D eigenvalue weighted by atomic mass is 35.5. The molecule has 550 valence electrons. The maximum Gasteiger partial charge on any atom is 0.263 e. The van der Waals surface area contributed by atoms with Crippen molar-refractivity contribution in [3.63, 3.8) is 0 Å². The molecule has 4 heterocycles. The first-order chi connectivity index (χ1) is 50.0. The van der Waals surface area contributed by atoms with Crippen LogP contribution in [-0.4, -0.2) is 217 Å². The third-order valence-electron chi connectivity index (χ3n) is 17.0. The Balaban J connectivity index is 0.447. The molecule has 4 aromatic carbocycles. The summed E-state index contributed by atoms with van der Waals surface area (Å²) in [5.74, 6) is 0.419. The van der Waals surface area contributed by atoms with Gasteiger partial charge in [-0.15, -0.1) is 0 Å². The molecule has 0 spiro atoms. The molecule has 28 heteroatoms. The average Bonchev–Trinajstić information content (AvgIpc) is 1.17. The number of anilines is 4. The van der Waals surface area contributed by atoms with Crippen LogP contribution in [0.3, 0.4) is 0 Å². The second kappa shape index (κ2) is 42.1. The van der Waals surface area contributed by atoms with Gasteiger partial charge >= 0.3 is 0 Å². The lowest BCUT2D eigenvalue weighted by atomic mass is 10.1. The van der Waals surface area contributed by atoms with Gasteiger partial charge in [0.2, 0.25) is 11.8 Å². The van der Waals surface area contributed by atoms with Crippen molar-refractivity contribution in [3.05, 3.63) is 152 Å². The van der Waals surface area contributed by atoms with Crippen molar-refractivity contribution in [2.45, 2.75) is 63.5 Å². The van der Waals surface area contributed by atoms with E-state index in [4.69, 9.17) is 103 Å². The Bertz CT molecular complexity index is 3420. The number of hydrogen-bond donors (Lipinski definition) is 2. The number of carbonyl (C=O) groups excluding carboxylic acids is 4. The van der Waals surface area contributed by atoms with Gasteiger partial charge in [0.1, 0.15) is 34.1 Å². The first kappa shape index (κ1) is 77.6. The number of halogens is 4. The number of aromatic nitrogens is 2. The molecule has 2 N–H and O–H groups in total. The van der Waals surface area contributed by atoms with Gasteiger partial charge in [0, 0.05) is 111 Å². The average molecular weight is 1490 g/mol. The fourth-order valence-electron chi connectivity index (χ4n) is 11.5. The highest BCUT2D eigenvalue weighted by molar-refractivity contribution is 6.35. The van der Waals surface area contributed by atoms with Crippen molar-refractivity contribution in [2.75, 3.05) is 191 Å². The molecule has 6 aromatic rings. The van der Waals surface area contributed by atoms with Crippen LogP contribution in [0, 0.1) is 0 Å². The van der Waals surface area contributed by atoms with Crippen LogP contribution < -0.4 is 39.7 Å². The predicted molar refractivity (Wildman–Crippen MR) is 389 cm³/mol. The molecule has 2 aliphatic carbocycles. The summed E-state index contributed by atoms with van der Waals surface area (Å²) in [5.41, 5.74) is 5.80. The fraction of sp³-hybridized carbons (Fsp3) is 0.486. The Morgan fingerprint density at radius 3 is 1.02 bits per heavy atom. The molecule has 2 fully saturated rings. The van der Waals surface area contributed by atoms with Gasteiger partial charge in [0.15, 0.2) is 0 Å². The van der Waals surface area contributed by atoms with Gasteiger partial charge in [-0.3, -0.25) is 29.1 Å². The van der Waals surface area contributed by atoms with Gasteiger partial charge < -0.3 is 87.1 Å². The minimum absolute atomic E-state index is 0.157. The minimum atomic E-state index is -0.220. The van der Waals surface area contributed by atoms with E-state index >= 15 is 0 Å². The number of ether oxygens (including phenoxy) is 12. The SMILES string of the molecule is O=C(CCc1cc(Cl)c(Oc2ccncc2C(=O)N2CCN(C3CC3)c3ccccc32)cc1Cl)NCCOCCOCCOCCOCCOCCOCCOCCOCCOCCOCCNC(=O)CCc1cc(Cl)c(Oc2ccncc2C(=O)N2CCN(C3CC3)c3ccccc32)cc1Cl. The third-order valence-corrected chi connectivity index (χ3v) is 18.2. The molecule has 2 aliphatic heterocycles. The molecule has 2 saturated carbocycles. The van der Waals surface area contributed by atoms with Crippen LogP contribution in [-0.2, 0) is 69.8 Å². The van der Waals surface area contributed by atoms with Crippen molar-refractivity contribution in [1.29, 1.82) is 0 Å². The Kier molecular flexibility index (Phi) is 32.0. The monoisotopic (exact) mass is 1490 g/mol. The zero-order chi connectivity index (χ0) is 71.1. The largest absolute Gasteiger partial charge is 0.455 e. The van der Waals surface area contributed by atoms with Gasteiger partial charge in [-0.2, -0.15) is 0 Å². The molecule has 0 radical (unpaired) electrons. The summed E-state index contributed by atoms with van der Waals surface area (Å²) >= 11 is 26.7. The quantitative estimate of drug-likeness (QED) is 0.0337. The summed E-state index contributed by atoms with van der Waals surface area (Å²) in [5, 5.41) is 7.07. The summed E-state index contributed by atoms with van der Waals surface area (Å²) in [7, 11) is 0. The van der Waals surface area contributed by atoms with E-state index in [1.807, 2.05) is 36.4 Å². The first-order valence-electron chi connectivity index (χ1n) is 34.9. The Morgan fingerprint density at radius 2 is 0.696 bits per heavy atom. The van der Waals surface area contributed by atoms with Crippen LogP contribution in [0.1, 0.15) is 70.4 Å².